The summed E-state index contributed by atoms with van der Waals surface area (Å²) in [5.41, 5.74) is -0.359. The number of nitrogens with zero attached hydrogens (tertiary/aromatic N) is 1. The van der Waals surface area contributed by atoms with Crippen LogP contribution in [0.15, 0.2) is 0 Å². The molecule has 0 aromatic carbocycles. The van der Waals surface area contributed by atoms with Gasteiger partial charge < -0.3 is 15.0 Å². The van der Waals surface area contributed by atoms with Gasteiger partial charge in [-0.2, -0.15) is 13.2 Å². The Morgan fingerprint density at radius 3 is 2.17 bits per heavy atom. The summed E-state index contributed by atoms with van der Waals surface area (Å²) in [4.78, 5) is 39.1. The highest BCUT2D eigenvalue weighted by molar-refractivity contribution is 5.90. The van der Waals surface area contributed by atoms with Crippen molar-refractivity contribution in [2.24, 2.45) is 23.2 Å². The first-order valence-electron chi connectivity index (χ1n) is 10.5. The van der Waals surface area contributed by atoms with Crippen molar-refractivity contribution in [3.8, 4) is 0 Å². The Hall–Kier alpha value is -1.80. The predicted molar refractivity (Wildman–Crippen MR) is 95.4 cm³/mol. The highest BCUT2D eigenvalue weighted by atomic mass is 19.4. The van der Waals surface area contributed by atoms with Gasteiger partial charge in [0.05, 0.1) is 5.41 Å². The van der Waals surface area contributed by atoms with Crippen LogP contribution in [0, 0.1) is 23.2 Å². The molecular weight excluding hydrogens is 389 g/mol. The van der Waals surface area contributed by atoms with E-state index in [0.717, 1.165) is 19.3 Å². The van der Waals surface area contributed by atoms with E-state index < -0.39 is 37.2 Å². The SMILES string of the molecule is O=C(COC(=O)[C@H]1CCCN1C(=O)C12CC3CC(CC(C3)C1)C2)NCC(F)(F)F. The fraction of sp³-hybridized carbons (Fsp3) is 0.850. The molecule has 1 atom stereocenters. The number of hydrogen-bond donors (Lipinski definition) is 1. The van der Waals surface area contributed by atoms with Crippen LogP contribution in [0.25, 0.3) is 0 Å². The molecule has 5 rings (SSSR count). The number of carbonyl (C=O) groups is 3. The van der Waals surface area contributed by atoms with Gasteiger partial charge in [0.15, 0.2) is 6.61 Å². The Kier molecular flexibility index (Phi) is 5.27. The standard InChI is InChI=1S/C20H27F3N2O4/c21-20(22,23)11-24-16(26)10-29-17(27)15-2-1-3-25(15)18(28)19-7-12-4-13(8-19)6-14(5-12)9-19/h12-15H,1-11H2,(H,24,26)/t12?,13?,14?,15-,19?/m1/s1. The molecule has 162 valence electrons. The molecule has 9 heteroatoms. The maximum Gasteiger partial charge on any atom is 0.405 e. The number of likely N-dealkylation sites (tertiary alicyclic amines) is 1. The van der Waals surface area contributed by atoms with Crippen LogP contribution in [0.1, 0.15) is 51.4 Å². The Morgan fingerprint density at radius 1 is 1.03 bits per heavy atom. The number of alkyl halides is 3. The summed E-state index contributed by atoms with van der Waals surface area (Å²) in [5, 5.41) is 1.67. The molecule has 5 aliphatic rings. The molecule has 5 fully saturated rings. The molecule has 29 heavy (non-hydrogen) atoms. The van der Waals surface area contributed by atoms with Gasteiger partial charge in [-0.15, -0.1) is 0 Å². The van der Waals surface area contributed by atoms with Crippen LogP contribution < -0.4 is 5.32 Å². The largest absolute Gasteiger partial charge is 0.454 e. The molecule has 4 aliphatic carbocycles. The first-order valence-corrected chi connectivity index (χ1v) is 10.5. The molecule has 0 spiro atoms. The van der Waals surface area contributed by atoms with Crippen molar-refractivity contribution in [3.05, 3.63) is 0 Å². The lowest BCUT2D eigenvalue weighted by atomic mass is 9.49. The van der Waals surface area contributed by atoms with E-state index in [0.29, 0.717) is 37.1 Å². The van der Waals surface area contributed by atoms with E-state index in [9.17, 15) is 27.6 Å². The van der Waals surface area contributed by atoms with Gasteiger partial charge in [-0.3, -0.25) is 9.59 Å². The first-order chi connectivity index (χ1) is 13.7. The Morgan fingerprint density at radius 2 is 1.62 bits per heavy atom. The summed E-state index contributed by atoms with van der Waals surface area (Å²) in [6.07, 6.45) is 2.95. The average Bonchev–Trinajstić information content (AvgIpc) is 3.11. The fourth-order valence-corrected chi connectivity index (χ4v) is 6.41. The quantitative estimate of drug-likeness (QED) is 0.699. The molecule has 4 saturated carbocycles. The lowest BCUT2D eigenvalue weighted by Crippen LogP contribution is -2.56. The Balaban J connectivity index is 1.35. The van der Waals surface area contributed by atoms with E-state index in [2.05, 4.69) is 0 Å². The number of halogens is 3. The summed E-state index contributed by atoms with van der Waals surface area (Å²) in [6.45, 7) is -1.76. The van der Waals surface area contributed by atoms with Crippen LogP contribution in [0.3, 0.4) is 0 Å². The molecule has 0 aromatic rings. The van der Waals surface area contributed by atoms with Crippen molar-refractivity contribution in [1.82, 2.24) is 10.2 Å². The normalized spacial score (nSPS) is 35.6. The second kappa shape index (κ2) is 7.47. The van der Waals surface area contributed by atoms with Crippen LogP contribution in [-0.4, -0.2) is 54.6 Å². The van der Waals surface area contributed by atoms with E-state index in [4.69, 9.17) is 4.74 Å². The number of nitrogens with one attached hydrogen (secondary N) is 1. The maximum atomic E-state index is 13.5. The minimum atomic E-state index is -4.52. The lowest BCUT2D eigenvalue weighted by Gasteiger charge is -2.56. The van der Waals surface area contributed by atoms with Crippen molar-refractivity contribution < 1.29 is 32.3 Å². The van der Waals surface area contributed by atoms with Gasteiger partial charge in [0, 0.05) is 6.54 Å². The van der Waals surface area contributed by atoms with Crippen molar-refractivity contribution in [3.63, 3.8) is 0 Å². The van der Waals surface area contributed by atoms with Gasteiger partial charge in [0.25, 0.3) is 5.91 Å². The minimum absolute atomic E-state index is 0.0394. The van der Waals surface area contributed by atoms with Crippen molar-refractivity contribution in [2.45, 2.75) is 63.6 Å². The number of rotatable bonds is 5. The zero-order chi connectivity index (χ0) is 20.8. The van der Waals surface area contributed by atoms with Crippen LogP contribution in [-0.2, 0) is 19.1 Å². The molecule has 0 unspecified atom stereocenters. The molecule has 1 heterocycles. The topological polar surface area (TPSA) is 75.7 Å². The predicted octanol–water partition coefficient (Wildman–Crippen LogP) is 2.42. The van der Waals surface area contributed by atoms with Crippen molar-refractivity contribution in [1.29, 1.82) is 0 Å². The second-order valence-electron chi connectivity index (χ2n) is 9.35. The Labute approximate surface area is 167 Å². The molecule has 6 nitrogen and oxygen atoms in total. The van der Waals surface area contributed by atoms with Gasteiger partial charge >= 0.3 is 12.1 Å². The first kappa shape index (κ1) is 20.5. The van der Waals surface area contributed by atoms with E-state index in [-0.39, 0.29) is 11.3 Å². The van der Waals surface area contributed by atoms with Gasteiger partial charge in [-0.05, 0) is 69.1 Å². The monoisotopic (exact) mass is 416 g/mol. The summed E-state index contributed by atoms with van der Waals surface area (Å²) in [7, 11) is 0. The lowest BCUT2D eigenvalue weighted by molar-refractivity contribution is -0.166. The van der Waals surface area contributed by atoms with E-state index in [1.165, 1.54) is 19.3 Å². The van der Waals surface area contributed by atoms with Crippen LogP contribution in [0.5, 0.6) is 0 Å². The summed E-state index contributed by atoms with van der Waals surface area (Å²) >= 11 is 0. The Bertz CT molecular complexity index is 658. The number of esters is 1. The molecule has 1 N–H and O–H groups in total. The van der Waals surface area contributed by atoms with Crippen molar-refractivity contribution in [2.75, 3.05) is 19.7 Å². The smallest absolute Gasteiger partial charge is 0.405 e. The maximum absolute atomic E-state index is 13.5. The summed E-state index contributed by atoms with van der Waals surface area (Å²) in [6, 6.07) is -0.745. The zero-order valence-electron chi connectivity index (χ0n) is 16.3. The zero-order valence-corrected chi connectivity index (χ0v) is 16.3. The molecule has 1 saturated heterocycles. The molecule has 0 aromatic heterocycles. The van der Waals surface area contributed by atoms with Crippen LogP contribution in [0.4, 0.5) is 13.2 Å². The highest BCUT2D eigenvalue weighted by Gasteiger charge is 2.57. The molecule has 1 aliphatic heterocycles. The molecule has 2 amide bonds. The van der Waals surface area contributed by atoms with Gasteiger partial charge in [0.2, 0.25) is 5.91 Å². The average molecular weight is 416 g/mol. The molecule has 4 bridgehead atoms. The van der Waals surface area contributed by atoms with E-state index in [1.54, 1.807) is 10.2 Å². The fourth-order valence-electron chi connectivity index (χ4n) is 6.41. The van der Waals surface area contributed by atoms with E-state index >= 15 is 0 Å². The number of ether oxygens (including phenoxy) is 1. The third-order valence-corrected chi connectivity index (χ3v) is 7.11. The van der Waals surface area contributed by atoms with Crippen LogP contribution in [0.2, 0.25) is 0 Å². The number of hydrogen-bond acceptors (Lipinski definition) is 4. The summed E-state index contributed by atoms with van der Waals surface area (Å²) < 4.78 is 41.4. The van der Waals surface area contributed by atoms with Crippen molar-refractivity contribution >= 4 is 17.8 Å². The second-order valence-corrected chi connectivity index (χ2v) is 9.35. The third-order valence-electron chi connectivity index (χ3n) is 7.11. The van der Waals surface area contributed by atoms with Gasteiger partial charge in [0.1, 0.15) is 12.6 Å². The van der Waals surface area contributed by atoms with Crippen LogP contribution >= 0.6 is 0 Å². The minimum Gasteiger partial charge on any atom is -0.454 e. The van der Waals surface area contributed by atoms with Gasteiger partial charge in [-0.1, -0.05) is 0 Å². The number of amides is 2. The molecule has 0 radical (unpaired) electrons. The number of carbonyl (C=O) groups excluding carboxylic acids is 3. The highest BCUT2D eigenvalue weighted by Crippen LogP contribution is 2.60. The third kappa shape index (κ3) is 4.23. The summed E-state index contributed by atoms with van der Waals surface area (Å²) in [5.74, 6) is 0.148. The van der Waals surface area contributed by atoms with E-state index in [1.807, 2.05) is 0 Å². The molecular formula is C20H27F3N2O4. The van der Waals surface area contributed by atoms with Gasteiger partial charge in [-0.25, -0.2) is 4.79 Å².